The Morgan fingerprint density at radius 3 is 2.76 bits per heavy atom. The molecule has 96 valence electrons. The van der Waals surface area contributed by atoms with Gasteiger partial charge in [0.2, 0.25) is 10.0 Å². The van der Waals surface area contributed by atoms with Crippen molar-refractivity contribution in [3.63, 3.8) is 0 Å². The monoisotopic (exact) mass is 324 g/mol. The van der Waals surface area contributed by atoms with Crippen LogP contribution in [0.4, 0.5) is 4.39 Å². The number of benzene rings is 1. The minimum absolute atomic E-state index is 0.00354. The molecule has 0 radical (unpaired) electrons. The van der Waals surface area contributed by atoms with Crippen molar-refractivity contribution in [3.05, 3.63) is 34.1 Å². The topological polar surface area (TPSA) is 58.2 Å². The molecule has 1 aromatic rings. The first-order valence-electron chi connectivity index (χ1n) is 5.00. The molecule has 1 aromatic carbocycles. The first-order valence-corrected chi connectivity index (χ1v) is 7.45. The Morgan fingerprint density at radius 1 is 1.41 bits per heavy atom. The average molecular weight is 325 g/mol. The van der Waals surface area contributed by atoms with Crippen LogP contribution in [0.15, 0.2) is 22.7 Å². The van der Waals surface area contributed by atoms with E-state index < -0.39 is 10.0 Å². The molecule has 0 unspecified atom stereocenters. The Bertz CT molecular complexity index is 479. The van der Waals surface area contributed by atoms with Gasteiger partial charge in [-0.25, -0.2) is 17.5 Å². The summed E-state index contributed by atoms with van der Waals surface area (Å²) >= 11 is 3.30. The van der Waals surface area contributed by atoms with Crippen LogP contribution in [-0.4, -0.2) is 27.8 Å². The SMILES string of the molecule is CNS(=O)(=O)CCNCc1cc(F)ccc1Br. The highest BCUT2D eigenvalue weighted by Gasteiger charge is 2.06. The van der Waals surface area contributed by atoms with E-state index in [4.69, 9.17) is 0 Å². The van der Waals surface area contributed by atoms with Gasteiger partial charge in [0.15, 0.2) is 0 Å². The highest BCUT2D eigenvalue weighted by atomic mass is 79.9. The molecule has 0 saturated carbocycles. The zero-order valence-corrected chi connectivity index (χ0v) is 11.7. The highest BCUT2D eigenvalue weighted by molar-refractivity contribution is 9.10. The molecular formula is C10H14BrFN2O2S. The first kappa shape index (κ1) is 14.6. The van der Waals surface area contributed by atoms with Gasteiger partial charge in [0.1, 0.15) is 5.82 Å². The zero-order valence-electron chi connectivity index (χ0n) is 9.33. The number of rotatable bonds is 6. The van der Waals surface area contributed by atoms with Gasteiger partial charge >= 0.3 is 0 Å². The van der Waals surface area contributed by atoms with E-state index in [1.165, 1.54) is 19.2 Å². The maximum Gasteiger partial charge on any atom is 0.212 e. The van der Waals surface area contributed by atoms with Crippen molar-refractivity contribution in [2.45, 2.75) is 6.54 Å². The summed E-state index contributed by atoms with van der Waals surface area (Å²) in [5, 5.41) is 2.94. The molecule has 0 atom stereocenters. The Labute approximate surface area is 109 Å². The van der Waals surface area contributed by atoms with Gasteiger partial charge in [-0.05, 0) is 30.8 Å². The smallest absolute Gasteiger partial charge is 0.212 e. The van der Waals surface area contributed by atoms with Gasteiger partial charge in [0.25, 0.3) is 0 Å². The molecule has 0 aliphatic rings. The van der Waals surface area contributed by atoms with Gasteiger partial charge in [-0.1, -0.05) is 15.9 Å². The van der Waals surface area contributed by atoms with Crippen LogP contribution in [0.5, 0.6) is 0 Å². The third-order valence-corrected chi connectivity index (χ3v) is 4.32. The van der Waals surface area contributed by atoms with Gasteiger partial charge in [-0.2, -0.15) is 0 Å². The molecule has 2 N–H and O–H groups in total. The van der Waals surface area contributed by atoms with Crippen LogP contribution in [0.3, 0.4) is 0 Å². The Kier molecular flexibility index (Phi) is 5.51. The fraction of sp³-hybridized carbons (Fsp3) is 0.400. The predicted octanol–water partition coefficient (Wildman–Crippen LogP) is 1.23. The first-order chi connectivity index (χ1) is 7.94. The number of hydrogen-bond donors (Lipinski definition) is 2. The van der Waals surface area contributed by atoms with E-state index in [2.05, 4.69) is 26.0 Å². The van der Waals surface area contributed by atoms with Gasteiger partial charge in [-0.3, -0.25) is 0 Å². The lowest BCUT2D eigenvalue weighted by Gasteiger charge is -2.07. The summed E-state index contributed by atoms with van der Waals surface area (Å²) in [7, 11) is -1.82. The molecule has 4 nitrogen and oxygen atoms in total. The molecule has 0 amide bonds. The summed E-state index contributed by atoms with van der Waals surface area (Å²) in [5.41, 5.74) is 0.756. The van der Waals surface area contributed by atoms with E-state index >= 15 is 0 Å². The van der Waals surface area contributed by atoms with Crippen LogP contribution in [0.1, 0.15) is 5.56 Å². The van der Waals surface area contributed by atoms with Gasteiger partial charge in [0, 0.05) is 17.6 Å². The quantitative estimate of drug-likeness (QED) is 0.774. The molecule has 7 heteroatoms. The minimum atomic E-state index is -3.19. The molecule has 1 rings (SSSR count). The highest BCUT2D eigenvalue weighted by Crippen LogP contribution is 2.17. The van der Waals surface area contributed by atoms with Crippen molar-refractivity contribution in [1.29, 1.82) is 0 Å². The second-order valence-electron chi connectivity index (χ2n) is 3.44. The van der Waals surface area contributed by atoms with E-state index in [1.807, 2.05) is 0 Å². The van der Waals surface area contributed by atoms with Crippen LogP contribution >= 0.6 is 15.9 Å². The number of hydrogen-bond acceptors (Lipinski definition) is 3. The Hall–Kier alpha value is -0.500. The second-order valence-corrected chi connectivity index (χ2v) is 6.34. The lowest BCUT2D eigenvalue weighted by molar-refractivity contribution is 0.582. The molecule has 0 aliphatic heterocycles. The largest absolute Gasteiger partial charge is 0.312 e. The lowest BCUT2D eigenvalue weighted by atomic mass is 10.2. The Balaban J connectivity index is 2.44. The molecule has 0 fully saturated rings. The zero-order chi connectivity index (χ0) is 12.9. The molecule has 0 heterocycles. The van der Waals surface area contributed by atoms with Crippen LogP contribution in [-0.2, 0) is 16.6 Å². The van der Waals surface area contributed by atoms with Crippen LogP contribution in [0.2, 0.25) is 0 Å². The number of halogens is 2. The van der Waals surface area contributed by atoms with Crippen molar-refractivity contribution in [2.75, 3.05) is 19.3 Å². The molecule has 0 saturated heterocycles. The molecule has 17 heavy (non-hydrogen) atoms. The number of sulfonamides is 1. The second kappa shape index (κ2) is 6.44. The fourth-order valence-electron chi connectivity index (χ4n) is 1.21. The minimum Gasteiger partial charge on any atom is -0.312 e. The summed E-state index contributed by atoms with van der Waals surface area (Å²) in [6.45, 7) is 0.726. The van der Waals surface area contributed by atoms with Crippen molar-refractivity contribution in [1.82, 2.24) is 10.0 Å². The van der Waals surface area contributed by atoms with Gasteiger partial charge in [0.05, 0.1) is 5.75 Å². The number of nitrogens with one attached hydrogen (secondary N) is 2. The molecule has 0 aliphatic carbocycles. The predicted molar refractivity (Wildman–Crippen MR) is 68.7 cm³/mol. The van der Waals surface area contributed by atoms with Crippen LogP contribution < -0.4 is 10.0 Å². The average Bonchev–Trinajstić information content (AvgIpc) is 2.29. The molecule has 0 spiro atoms. The van der Waals surface area contributed by atoms with Crippen LogP contribution in [0.25, 0.3) is 0 Å². The maximum absolute atomic E-state index is 12.9. The van der Waals surface area contributed by atoms with Crippen molar-refractivity contribution in [3.8, 4) is 0 Å². The van der Waals surface area contributed by atoms with Crippen molar-refractivity contribution < 1.29 is 12.8 Å². The maximum atomic E-state index is 12.9. The van der Waals surface area contributed by atoms with Gasteiger partial charge in [-0.15, -0.1) is 0 Å². The van der Waals surface area contributed by atoms with Gasteiger partial charge < -0.3 is 5.32 Å². The molecular weight excluding hydrogens is 311 g/mol. The lowest BCUT2D eigenvalue weighted by Crippen LogP contribution is -2.29. The molecule has 0 bridgehead atoms. The van der Waals surface area contributed by atoms with E-state index in [0.717, 1.165) is 10.0 Å². The van der Waals surface area contributed by atoms with E-state index in [1.54, 1.807) is 6.07 Å². The third kappa shape index (κ3) is 5.12. The van der Waals surface area contributed by atoms with E-state index in [0.29, 0.717) is 13.1 Å². The normalized spacial score (nSPS) is 11.7. The standard InChI is InChI=1S/C10H14BrFN2O2S/c1-13-17(15,16)5-4-14-7-8-6-9(12)2-3-10(8)11/h2-3,6,13-14H,4-5,7H2,1H3. The summed E-state index contributed by atoms with van der Waals surface area (Å²) in [5.74, 6) is -0.316. The van der Waals surface area contributed by atoms with Crippen molar-refractivity contribution in [2.24, 2.45) is 0 Å². The van der Waals surface area contributed by atoms with E-state index in [-0.39, 0.29) is 11.6 Å². The Morgan fingerprint density at radius 2 is 2.12 bits per heavy atom. The van der Waals surface area contributed by atoms with E-state index in [9.17, 15) is 12.8 Å². The summed E-state index contributed by atoms with van der Waals surface area (Å²) < 4.78 is 38.2. The summed E-state index contributed by atoms with van der Waals surface area (Å²) in [4.78, 5) is 0. The molecule has 0 aromatic heterocycles. The van der Waals surface area contributed by atoms with Crippen molar-refractivity contribution >= 4 is 26.0 Å². The fourth-order valence-corrected chi connectivity index (χ4v) is 2.21. The van der Waals surface area contributed by atoms with Crippen LogP contribution in [0, 0.1) is 5.82 Å². The summed E-state index contributed by atoms with van der Waals surface area (Å²) in [6.07, 6.45) is 0. The third-order valence-electron chi connectivity index (χ3n) is 2.18. The summed E-state index contributed by atoms with van der Waals surface area (Å²) in [6, 6.07) is 4.39.